The standard InChI is InChI=1S/C23H30O6S2/c1-14-6-8-21(30(24,25)26)17(10-14)19-12-23(4,5)13-20(16(19)3)18-11-15(2)7-9-22(18)31(27,28)29/h6-11,16,19-20H,12-13H2,1-5H3,(H,24,25,26)(H,27,28,29). The lowest BCUT2D eigenvalue weighted by molar-refractivity contribution is 0.141. The lowest BCUT2D eigenvalue weighted by Crippen LogP contribution is -2.34. The molecule has 2 aromatic carbocycles. The molecule has 8 heteroatoms. The van der Waals surface area contributed by atoms with Crippen LogP contribution in [0.4, 0.5) is 0 Å². The zero-order chi connectivity index (χ0) is 23.4. The summed E-state index contributed by atoms with van der Waals surface area (Å²) < 4.78 is 68.1. The van der Waals surface area contributed by atoms with Gasteiger partial charge in [0.25, 0.3) is 20.2 Å². The monoisotopic (exact) mass is 466 g/mol. The quantitative estimate of drug-likeness (QED) is 0.605. The molecule has 1 aliphatic rings. The average Bonchev–Trinajstić information content (AvgIpc) is 2.61. The van der Waals surface area contributed by atoms with Gasteiger partial charge in [0.1, 0.15) is 0 Å². The predicted octanol–water partition coefficient (Wildman–Crippen LogP) is 5.12. The van der Waals surface area contributed by atoms with E-state index in [0.29, 0.717) is 24.0 Å². The third-order valence-electron chi connectivity index (χ3n) is 6.50. The number of hydrogen-bond acceptors (Lipinski definition) is 4. The number of hydrogen-bond donors (Lipinski definition) is 2. The molecule has 31 heavy (non-hydrogen) atoms. The van der Waals surface area contributed by atoms with Crippen molar-refractivity contribution < 1.29 is 25.9 Å². The SMILES string of the molecule is Cc1ccc(S(=O)(=O)O)c(C2CC(C)(C)CC(c3cc(C)ccc3S(=O)(=O)O)C2C)c1. The number of benzene rings is 2. The minimum Gasteiger partial charge on any atom is -0.282 e. The van der Waals surface area contributed by atoms with E-state index in [1.54, 1.807) is 24.3 Å². The minimum atomic E-state index is -4.42. The Morgan fingerprint density at radius 1 is 0.774 bits per heavy atom. The van der Waals surface area contributed by atoms with E-state index in [9.17, 15) is 25.9 Å². The first-order valence-corrected chi connectivity index (χ1v) is 13.1. The Hall–Kier alpha value is -1.74. The minimum absolute atomic E-state index is 0.106. The van der Waals surface area contributed by atoms with Crippen LogP contribution in [-0.2, 0) is 20.2 Å². The van der Waals surface area contributed by atoms with Crippen LogP contribution in [0.15, 0.2) is 46.2 Å². The summed E-state index contributed by atoms with van der Waals surface area (Å²) in [5.74, 6) is -0.571. The Morgan fingerprint density at radius 3 is 1.45 bits per heavy atom. The van der Waals surface area contributed by atoms with Gasteiger partial charge in [-0.05, 0) is 73.1 Å². The van der Waals surface area contributed by atoms with Crippen molar-refractivity contribution in [2.75, 3.05) is 0 Å². The van der Waals surface area contributed by atoms with Gasteiger partial charge >= 0.3 is 0 Å². The van der Waals surface area contributed by atoms with Crippen molar-refractivity contribution in [1.82, 2.24) is 0 Å². The fourth-order valence-corrected chi connectivity index (χ4v) is 6.59. The van der Waals surface area contributed by atoms with Crippen molar-refractivity contribution in [1.29, 1.82) is 0 Å². The fraction of sp³-hybridized carbons (Fsp3) is 0.478. The van der Waals surface area contributed by atoms with Crippen molar-refractivity contribution in [3.63, 3.8) is 0 Å². The molecule has 6 nitrogen and oxygen atoms in total. The van der Waals surface area contributed by atoms with Gasteiger partial charge in [-0.15, -0.1) is 0 Å². The molecule has 1 saturated carbocycles. The molecule has 2 unspecified atom stereocenters. The van der Waals surface area contributed by atoms with Gasteiger partial charge in [0.2, 0.25) is 0 Å². The summed E-state index contributed by atoms with van der Waals surface area (Å²) in [4.78, 5) is -0.212. The molecule has 0 amide bonds. The van der Waals surface area contributed by atoms with Crippen LogP contribution in [-0.4, -0.2) is 25.9 Å². The summed E-state index contributed by atoms with van der Waals surface area (Å²) in [7, 11) is -8.83. The maximum Gasteiger partial charge on any atom is 0.294 e. The molecule has 0 bridgehead atoms. The van der Waals surface area contributed by atoms with Crippen molar-refractivity contribution in [3.8, 4) is 0 Å². The van der Waals surface area contributed by atoms with Crippen molar-refractivity contribution in [3.05, 3.63) is 58.7 Å². The lowest BCUT2D eigenvalue weighted by Gasteiger charge is -2.46. The topological polar surface area (TPSA) is 109 Å². The molecule has 3 rings (SSSR count). The molecule has 2 aromatic rings. The second kappa shape index (κ2) is 7.99. The second-order valence-corrected chi connectivity index (χ2v) is 12.5. The first-order valence-electron chi connectivity index (χ1n) is 10.3. The third-order valence-corrected chi connectivity index (χ3v) is 8.35. The van der Waals surface area contributed by atoms with Crippen molar-refractivity contribution >= 4 is 20.2 Å². The normalized spacial score (nSPS) is 24.2. The molecule has 2 N–H and O–H groups in total. The maximum atomic E-state index is 12.1. The highest BCUT2D eigenvalue weighted by Gasteiger charge is 2.43. The predicted molar refractivity (Wildman–Crippen MR) is 120 cm³/mol. The highest BCUT2D eigenvalue weighted by atomic mass is 32.2. The molecule has 0 heterocycles. The van der Waals surface area contributed by atoms with Crippen molar-refractivity contribution in [2.24, 2.45) is 11.3 Å². The zero-order valence-electron chi connectivity index (χ0n) is 18.5. The largest absolute Gasteiger partial charge is 0.294 e. The van der Waals surface area contributed by atoms with Gasteiger partial charge in [-0.25, -0.2) is 0 Å². The Morgan fingerprint density at radius 2 is 1.13 bits per heavy atom. The van der Waals surface area contributed by atoms with Crippen LogP contribution in [0.1, 0.15) is 67.7 Å². The molecule has 0 radical (unpaired) electrons. The first-order chi connectivity index (χ1) is 14.1. The molecule has 1 fully saturated rings. The van der Waals surface area contributed by atoms with Crippen LogP contribution >= 0.6 is 0 Å². The first kappa shape index (κ1) is 23.9. The number of rotatable bonds is 4. The Bertz CT molecular complexity index is 1120. The van der Waals surface area contributed by atoms with Gasteiger partial charge in [-0.1, -0.05) is 56.2 Å². The Balaban J connectivity index is 2.22. The molecular formula is C23H30O6S2. The summed E-state index contributed by atoms with van der Waals surface area (Å²) in [5.41, 5.74) is 2.64. The summed E-state index contributed by atoms with van der Waals surface area (Å²) in [5, 5.41) is 0. The second-order valence-electron chi connectivity index (χ2n) is 9.68. The van der Waals surface area contributed by atoms with Gasteiger partial charge in [0, 0.05) is 0 Å². The highest BCUT2D eigenvalue weighted by molar-refractivity contribution is 7.86. The highest BCUT2D eigenvalue weighted by Crippen LogP contribution is 2.54. The number of aryl methyl sites for hydroxylation is 2. The smallest absolute Gasteiger partial charge is 0.282 e. The van der Waals surface area contributed by atoms with Crippen LogP contribution in [0.2, 0.25) is 0 Å². The molecule has 0 aromatic heterocycles. The van der Waals surface area contributed by atoms with E-state index in [-0.39, 0.29) is 33.0 Å². The molecule has 170 valence electrons. The molecule has 0 spiro atoms. The van der Waals surface area contributed by atoms with E-state index in [1.165, 1.54) is 12.1 Å². The Kier molecular flexibility index (Phi) is 6.17. The molecule has 0 aliphatic heterocycles. The third kappa shape index (κ3) is 5.03. The van der Waals surface area contributed by atoms with E-state index < -0.39 is 20.2 Å². The average molecular weight is 467 g/mol. The van der Waals surface area contributed by atoms with E-state index in [1.807, 2.05) is 20.8 Å². The molecule has 0 saturated heterocycles. The zero-order valence-corrected chi connectivity index (χ0v) is 20.1. The Labute approximate surface area is 185 Å². The van der Waals surface area contributed by atoms with Gasteiger partial charge in [0.15, 0.2) is 0 Å². The van der Waals surface area contributed by atoms with Gasteiger partial charge in [-0.3, -0.25) is 9.11 Å². The van der Waals surface area contributed by atoms with E-state index in [2.05, 4.69) is 13.8 Å². The molecule has 1 aliphatic carbocycles. The van der Waals surface area contributed by atoms with E-state index in [4.69, 9.17) is 0 Å². The molecule has 2 atom stereocenters. The maximum absolute atomic E-state index is 12.1. The summed E-state index contributed by atoms with van der Waals surface area (Å²) in [6.07, 6.45) is 1.37. The van der Waals surface area contributed by atoms with Gasteiger partial charge < -0.3 is 0 Å². The van der Waals surface area contributed by atoms with Crippen LogP contribution in [0.5, 0.6) is 0 Å². The summed E-state index contributed by atoms with van der Waals surface area (Å²) in [6, 6.07) is 9.75. The summed E-state index contributed by atoms with van der Waals surface area (Å²) in [6.45, 7) is 9.86. The van der Waals surface area contributed by atoms with E-state index >= 15 is 0 Å². The van der Waals surface area contributed by atoms with Gasteiger partial charge in [-0.2, -0.15) is 16.8 Å². The van der Waals surface area contributed by atoms with Crippen LogP contribution in [0.25, 0.3) is 0 Å². The van der Waals surface area contributed by atoms with Crippen LogP contribution in [0.3, 0.4) is 0 Å². The van der Waals surface area contributed by atoms with Crippen molar-refractivity contribution in [2.45, 2.75) is 69.1 Å². The van der Waals surface area contributed by atoms with Crippen LogP contribution < -0.4 is 0 Å². The lowest BCUT2D eigenvalue weighted by atomic mass is 9.59. The van der Waals surface area contributed by atoms with Gasteiger partial charge in [0.05, 0.1) is 9.79 Å². The summed E-state index contributed by atoms with van der Waals surface area (Å²) >= 11 is 0. The van der Waals surface area contributed by atoms with Crippen LogP contribution in [0, 0.1) is 25.2 Å². The fourth-order valence-electron chi connectivity index (χ4n) is 5.10. The molecular weight excluding hydrogens is 436 g/mol. The van der Waals surface area contributed by atoms with E-state index in [0.717, 1.165) is 11.1 Å².